The number of hydrogen-bond acceptors (Lipinski definition) is 4. The van der Waals surface area contributed by atoms with Crippen molar-refractivity contribution < 1.29 is 9.21 Å². The Morgan fingerprint density at radius 1 is 1.04 bits per heavy atom. The first-order valence-corrected chi connectivity index (χ1v) is 9.99. The number of nitrogens with zero attached hydrogens (tertiary/aromatic N) is 2. The van der Waals surface area contributed by atoms with Crippen molar-refractivity contribution in [3.8, 4) is 11.3 Å². The van der Waals surface area contributed by atoms with E-state index in [9.17, 15) is 4.79 Å². The lowest BCUT2D eigenvalue weighted by Gasteiger charge is -2.19. The fourth-order valence-electron chi connectivity index (χ4n) is 2.66. The highest BCUT2D eigenvalue weighted by atomic mass is 79.9. The van der Waals surface area contributed by atoms with E-state index < -0.39 is 0 Å². The molecule has 0 saturated carbocycles. The summed E-state index contributed by atoms with van der Waals surface area (Å²) < 4.78 is 6.39. The number of carbonyl (C=O) groups excluding carboxylic acids is 1. The molecule has 2 aromatic heterocycles. The van der Waals surface area contributed by atoms with Gasteiger partial charge in [-0.25, -0.2) is 4.98 Å². The number of carbonyl (C=O) groups is 1. The summed E-state index contributed by atoms with van der Waals surface area (Å²) in [6.45, 7) is 0.323. The number of anilines is 1. The van der Waals surface area contributed by atoms with Crippen molar-refractivity contribution in [1.82, 2.24) is 4.98 Å². The molecule has 0 N–H and O–H groups in total. The fraction of sp³-hybridized carbons (Fsp3) is 0.0476. The van der Waals surface area contributed by atoms with Crippen LogP contribution in [-0.2, 0) is 6.54 Å². The van der Waals surface area contributed by atoms with Gasteiger partial charge in [-0.3, -0.25) is 9.69 Å². The first-order chi connectivity index (χ1) is 13.2. The monoisotopic (exact) mass is 438 g/mol. The summed E-state index contributed by atoms with van der Waals surface area (Å²) in [4.78, 5) is 19.5. The van der Waals surface area contributed by atoms with Gasteiger partial charge in [-0.2, -0.15) is 0 Å². The quantitative estimate of drug-likeness (QED) is 0.383. The third-order valence-corrected chi connectivity index (χ3v) is 5.42. The minimum Gasteiger partial charge on any atom is -0.467 e. The maximum absolute atomic E-state index is 13.2. The van der Waals surface area contributed by atoms with Gasteiger partial charge in [0, 0.05) is 21.0 Å². The Morgan fingerprint density at radius 2 is 1.81 bits per heavy atom. The summed E-state index contributed by atoms with van der Waals surface area (Å²) in [6, 6.07) is 20.9. The van der Waals surface area contributed by atoms with Crippen LogP contribution >= 0.6 is 27.3 Å². The Labute approximate surface area is 169 Å². The van der Waals surface area contributed by atoms with Crippen molar-refractivity contribution in [3.63, 3.8) is 0 Å². The number of benzene rings is 2. The Hall–Kier alpha value is -2.70. The molecule has 0 aliphatic carbocycles. The van der Waals surface area contributed by atoms with Crippen LogP contribution in [0.15, 0.2) is 87.3 Å². The van der Waals surface area contributed by atoms with Gasteiger partial charge in [0.2, 0.25) is 0 Å². The van der Waals surface area contributed by atoms with Gasteiger partial charge in [0.15, 0.2) is 5.13 Å². The summed E-state index contributed by atoms with van der Waals surface area (Å²) in [5.41, 5.74) is 2.47. The fourth-order valence-corrected chi connectivity index (χ4v) is 3.76. The molecule has 134 valence electrons. The lowest BCUT2D eigenvalue weighted by atomic mass is 10.2. The zero-order valence-electron chi connectivity index (χ0n) is 14.2. The van der Waals surface area contributed by atoms with Crippen molar-refractivity contribution in [2.45, 2.75) is 6.54 Å². The molecule has 27 heavy (non-hydrogen) atoms. The van der Waals surface area contributed by atoms with Gasteiger partial charge < -0.3 is 4.42 Å². The predicted octanol–water partition coefficient (Wildman–Crippen LogP) is 6.01. The average Bonchev–Trinajstić information content (AvgIpc) is 3.39. The van der Waals surface area contributed by atoms with Gasteiger partial charge in [-0.05, 0) is 36.4 Å². The lowest BCUT2D eigenvalue weighted by molar-refractivity contribution is 0.0983. The summed E-state index contributed by atoms with van der Waals surface area (Å²) in [7, 11) is 0. The standard InChI is InChI=1S/C21H15BrN2O2S/c22-17-10-8-16(9-11-17)20(25)24(13-18-7-4-12-26-18)21-23-19(14-27-21)15-5-2-1-3-6-15/h1-12,14H,13H2. The van der Waals surface area contributed by atoms with Crippen LogP contribution in [0.4, 0.5) is 5.13 Å². The van der Waals surface area contributed by atoms with Crippen LogP contribution in [0, 0.1) is 0 Å². The first-order valence-electron chi connectivity index (χ1n) is 8.31. The Bertz CT molecular complexity index is 1030. The van der Waals surface area contributed by atoms with Gasteiger partial charge in [0.05, 0.1) is 18.5 Å². The van der Waals surface area contributed by atoms with E-state index in [1.807, 2.05) is 60.0 Å². The molecule has 2 heterocycles. The van der Waals surface area contributed by atoms with E-state index >= 15 is 0 Å². The number of halogens is 1. The number of amides is 1. The third-order valence-electron chi connectivity index (χ3n) is 4.02. The van der Waals surface area contributed by atoms with Crippen molar-refractivity contribution in [1.29, 1.82) is 0 Å². The largest absolute Gasteiger partial charge is 0.467 e. The topological polar surface area (TPSA) is 46.3 Å². The van der Waals surface area contributed by atoms with E-state index in [2.05, 4.69) is 15.9 Å². The SMILES string of the molecule is O=C(c1ccc(Br)cc1)N(Cc1ccco1)c1nc(-c2ccccc2)cs1. The number of aromatic nitrogens is 1. The molecule has 2 aromatic carbocycles. The molecule has 0 bridgehead atoms. The smallest absolute Gasteiger partial charge is 0.260 e. The molecule has 0 radical (unpaired) electrons. The van der Waals surface area contributed by atoms with Gasteiger partial charge in [0.1, 0.15) is 5.76 Å². The van der Waals surface area contributed by atoms with Crippen molar-refractivity contribution in [3.05, 3.63) is 94.2 Å². The van der Waals surface area contributed by atoms with Crippen molar-refractivity contribution in [2.24, 2.45) is 0 Å². The van der Waals surface area contributed by atoms with Crippen molar-refractivity contribution >= 4 is 38.3 Å². The molecule has 0 unspecified atom stereocenters. The van der Waals surface area contributed by atoms with Gasteiger partial charge >= 0.3 is 0 Å². The molecule has 4 rings (SSSR count). The van der Waals surface area contributed by atoms with E-state index in [1.54, 1.807) is 23.3 Å². The van der Waals surface area contributed by atoms with Gasteiger partial charge in [-0.1, -0.05) is 46.3 Å². The molecular formula is C21H15BrN2O2S. The second kappa shape index (κ2) is 7.90. The normalized spacial score (nSPS) is 10.7. The molecule has 6 heteroatoms. The van der Waals surface area contributed by atoms with Crippen LogP contribution in [0.3, 0.4) is 0 Å². The summed E-state index contributed by atoms with van der Waals surface area (Å²) >= 11 is 4.85. The lowest BCUT2D eigenvalue weighted by Crippen LogP contribution is -2.30. The van der Waals surface area contributed by atoms with Crippen LogP contribution in [0.5, 0.6) is 0 Å². The van der Waals surface area contributed by atoms with Crippen LogP contribution in [0.25, 0.3) is 11.3 Å². The van der Waals surface area contributed by atoms with Crippen LogP contribution < -0.4 is 4.90 Å². The van der Waals surface area contributed by atoms with E-state index in [-0.39, 0.29) is 5.91 Å². The average molecular weight is 439 g/mol. The Kier molecular flexibility index (Phi) is 5.18. The highest BCUT2D eigenvalue weighted by Crippen LogP contribution is 2.29. The van der Waals surface area contributed by atoms with E-state index in [1.165, 1.54) is 11.3 Å². The zero-order chi connectivity index (χ0) is 18.6. The Morgan fingerprint density at radius 3 is 2.52 bits per heavy atom. The molecule has 0 saturated heterocycles. The summed E-state index contributed by atoms with van der Waals surface area (Å²) in [6.07, 6.45) is 1.61. The Balaban J connectivity index is 1.69. The molecule has 0 atom stereocenters. The predicted molar refractivity (Wildman–Crippen MR) is 111 cm³/mol. The number of hydrogen-bond donors (Lipinski definition) is 0. The number of thiazole rings is 1. The molecule has 0 spiro atoms. The second-order valence-corrected chi connectivity index (χ2v) is 7.61. The van der Waals surface area contributed by atoms with Gasteiger partial charge in [0.25, 0.3) is 5.91 Å². The maximum atomic E-state index is 13.2. The number of furan rings is 1. The van der Waals surface area contributed by atoms with Crippen molar-refractivity contribution in [2.75, 3.05) is 4.90 Å². The van der Waals surface area contributed by atoms with Gasteiger partial charge in [-0.15, -0.1) is 11.3 Å². The number of rotatable bonds is 5. The molecule has 0 aliphatic rings. The third kappa shape index (κ3) is 4.02. The van der Waals surface area contributed by atoms with Crippen LogP contribution in [0.2, 0.25) is 0 Å². The zero-order valence-corrected chi connectivity index (χ0v) is 16.6. The molecule has 4 nitrogen and oxygen atoms in total. The highest BCUT2D eigenvalue weighted by molar-refractivity contribution is 9.10. The molecule has 4 aromatic rings. The maximum Gasteiger partial charge on any atom is 0.260 e. The minimum absolute atomic E-state index is 0.118. The highest BCUT2D eigenvalue weighted by Gasteiger charge is 2.22. The molecule has 0 fully saturated rings. The first kappa shape index (κ1) is 17.7. The van der Waals surface area contributed by atoms with E-state index in [4.69, 9.17) is 9.40 Å². The van der Waals surface area contributed by atoms with Crippen LogP contribution in [0.1, 0.15) is 16.1 Å². The summed E-state index contributed by atoms with van der Waals surface area (Å²) in [5.74, 6) is 0.588. The van der Waals surface area contributed by atoms with Crippen LogP contribution in [-0.4, -0.2) is 10.9 Å². The minimum atomic E-state index is -0.118. The van der Waals surface area contributed by atoms with E-state index in [0.717, 1.165) is 15.7 Å². The summed E-state index contributed by atoms with van der Waals surface area (Å²) in [5, 5.41) is 2.60. The van der Waals surface area contributed by atoms with E-state index in [0.29, 0.717) is 23.0 Å². The molecule has 0 aliphatic heterocycles. The molecule has 1 amide bonds. The second-order valence-electron chi connectivity index (χ2n) is 5.86. The molecular weight excluding hydrogens is 424 g/mol.